The summed E-state index contributed by atoms with van der Waals surface area (Å²) in [5, 5.41) is 13.6. The Hall–Kier alpha value is -1.13. The van der Waals surface area contributed by atoms with Crippen LogP contribution in [0, 0.1) is 0 Å². The molecule has 1 aromatic rings. The number of hydrogen-bond donors (Lipinski definition) is 2. The van der Waals surface area contributed by atoms with Gasteiger partial charge in [-0.1, -0.05) is 6.58 Å². The van der Waals surface area contributed by atoms with Crippen LogP contribution in [0.3, 0.4) is 0 Å². The maximum absolute atomic E-state index is 9.45. The van der Waals surface area contributed by atoms with Crippen molar-refractivity contribution in [2.75, 3.05) is 0 Å². The highest BCUT2D eigenvalue weighted by Crippen LogP contribution is 2.34. The van der Waals surface area contributed by atoms with Crippen molar-refractivity contribution in [3.05, 3.63) is 24.5 Å². The van der Waals surface area contributed by atoms with Gasteiger partial charge in [0.05, 0.1) is 12.3 Å². The van der Waals surface area contributed by atoms with Gasteiger partial charge in [-0.2, -0.15) is 5.10 Å². The Morgan fingerprint density at radius 1 is 1.60 bits per heavy atom. The van der Waals surface area contributed by atoms with Crippen LogP contribution in [-0.2, 0) is 5.54 Å². The third kappa shape index (κ3) is 1.96. The van der Waals surface area contributed by atoms with Crippen molar-refractivity contribution in [2.24, 2.45) is 5.73 Å². The van der Waals surface area contributed by atoms with Gasteiger partial charge in [-0.15, -0.1) is 0 Å². The quantitative estimate of drug-likeness (QED) is 0.762. The standard InChI is InChI=1S/C11H17N3O/c1-2-14-8-9(7-13-14)11(12)5-3-10(15)4-6-11/h2,7-8,10,15H,1,3-6,12H2. The summed E-state index contributed by atoms with van der Waals surface area (Å²) in [6.07, 6.45) is 8.34. The van der Waals surface area contributed by atoms with Crippen LogP contribution in [0.15, 0.2) is 19.0 Å². The second-order valence-corrected chi connectivity index (χ2v) is 4.28. The number of nitrogens with two attached hydrogens (primary N) is 1. The smallest absolute Gasteiger partial charge is 0.0544 e. The molecule has 0 bridgehead atoms. The highest BCUT2D eigenvalue weighted by atomic mass is 16.3. The van der Waals surface area contributed by atoms with E-state index >= 15 is 0 Å². The largest absolute Gasteiger partial charge is 0.393 e. The Bertz CT molecular complexity index is 350. The molecule has 1 fully saturated rings. The van der Waals surface area contributed by atoms with E-state index in [1.807, 2.05) is 6.20 Å². The fourth-order valence-electron chi connectivity index (χ4n) is 2.10. The number of aliphatic hydroxyl groups is 1. The summed E-state index contributed by atoms with van der Waals surface area (Å²) in [5.41, 5.74) is 7.03. The first kappa shape index (κ1) is 10.4. The molecule has 1 aliphatic carbocycles. The summed E-state index contributed by atoms with van der Waals surface area (Å²) < 4.78 is 1.66. The first-order valence-corrected chi connectivity index (χ1v) is 5.28. The van der Waals surface area contributed by atoms with Gasteiger partial charge in [0.2, 0.25) is 0 Å². The van der Waals surface area contributed by atoms with E-state index < -0.39 is 0 Å². The van der Waals surface area contributed by atoms with Crippen LogP contribution in [-0.4, -0.2) is 21.0 Å². The Balaban J connectivity index is 2.18. The maximum atomic E-state index is 9.45. The molecular weight excluding hydrogens is 190 g/mol. The SMILES string of the molecule is C=Cn1cc(C2(N)CCC(O)CC2)cn1. The van der Waals surface area contributed by atoms with Gasteiger partial charge in [0.15, 0.2) is 0 Å². The van der Waals surface area contributed by atoms with E-state index in [2.05, 4.69) is 11.7 Å². The van der Waals surface area contributed by atoms with Gasteiger partial charge in [0.1, 0.15) is 0 Å². The minimum absolute atomic E-state index is 0.184. The molecule has 15 heavy (non-hydrogen) atoms. The average molecular weight is 207 g/mol. The van der Waals surface area contributed by atoms with Gasteiger partial charge in [0.25, 0.3) is 0 Å². The normalized spacial score (nSPS) is 31.5. The number of rotatable bonds is 2. The molecule has 2 rings (SSSR count). The fraction of sp³-hybridized carbons (Fsp3) is 0.545. The predicted molar refractivity (Wildman–Crippen MR) is 59.0 cm³/mol. The molecule has 82 valence electrons. The minimum atomic E-state index is -0.319. The third-order valence-electron chi connectivity index (χ3n) is 3.21. The molecule has 0 spiro atoms. The Kier molecular flexibility index (Phi) is 2.63. The predicted octanol–water partition coefficient (Wildman–Crippen LogP) is 1.07. The van der Waals surface area contributed by atoms with Crippen molar-refractivity contribution >= 4 is 6.20 Å². The van der Waals surface area contributed by atoms with Crippen molar-refractivity contribution in [3.8, 4) is 0 Å². The number of aliphatic hydroxyl groups excluding tert-OH is 1. The van der Waals surface area contributed by atoms with Gasteiger partial charge < -0.3 is 10.8 Å². The van der Waals surface area contributed by atoms with Gasteiger partial charge in [0, 0.05) is 23.5 Å². The molecule has 1 aromatic heterocycles. The molecule has 0 aromatic carbocycles. The first-order valence-electron chi connectivity index (χ1n) is 5.28. The molecule has 1 aliphatic rings. The summed E-state index contributed by atoms with van der Waals surface area (Å²) in [6, 6.07) is 0. The summed E-state index contributed by atoms with van der Waals surface area (Å²) in [7, 11) is 0. The third-order valence-corrected chi connectivity index (χ3v) is 3.21. The van der Waals surface area contributed by atoms with Gasteiger partial charge >= 0.3 is 0 Å². The molecule has 3 N–H and O–H groups in total. The second-order valence-electron chi connectivity index (χ2n) is 4.28. The lowest BCUT2D eigenvalue weighted by molar-refractivity contribution is 0.0969. The summed E-state index contributed by atoms with van der Waals surface area (Å²) in [4.78, 5) is 0. The van der Waals surface area contributed by atoms with Crippen LogP contribution in [0.5, 0.6) is 0 Å². The molecule has 0 amide bonds. The topological polar surface area (TPSA) is 64.1 Å². The van der Waals surface area contributed by atoms with Crippen LogP contribution in [0.4, 0.5) is 0 Å². The van der Waals surface area contributed by atoms with Crippen molar-refractivity contribution in [1.29, 1.82) is 0 Å². The van der Waals surface area contributed by atoms with Crippen LogP contribution < -0.4 is 5.73 Å². The Morgan fingerprint density at radius 2 is 2.27 bits per heavy atom. The van der Waals surface area contributed by atoms with E-state index in [4.69, 9.17) is 5.73 Å². The van der Waals surface area contributed by atoms with Gasteiger partial charge in [-0.25, -0.2) is 4.68 Å². The van der Waals surface area contributed by atoms with Crippen LogP contribution in [0.1, 0.15) is 31.2 Å². The minimum Gasteiger partial charge on any atom is -0.393 e. The van der Waals surface area contributed by atoms with Crippen molar-refractivity contribution in [3.63, 3.8) is 0 Å². The zero-order chi connectivity index (χ0) is 10.9. The maximum Gasteiger partial charge on any atom is 0.0544 e. The molecule has 0 unspecified atom stereocenters. The molecule has 1 heterocycles. The Morgan fingerprint density at radius 3 is 2.80 bits per heavy atom. The van der Waals surface area contributed by atoms with E-state index in [0.717, 1.165) is 31.2 Å². The van der Waals surface area contributed by atoms with Crippen LogP contribution >= 0.6 is 0 Å². The first-order chi connectivity index (χ1) is 7.14. The number of hydrogen-bond acceptors (Lipinski definition) is 3. The molecule has 0 aliphatic heterocycles. The summed E-state index contributed by atoms with van der Waals surface area (Å²) in [5.74, 6) is 0. The molecule has 0 saturated heterocycles. The highest BCUT2D eigenvalue weighted by molar-refractivity contribution is 5.24. The number of nitrogens with zero attached hydrogens (tertiary/aromatic N) is 2. The highest BCUT2D eigenvalue weighted by Gasteiger charge is 2.33. The lowest BCUT2D eigenvalue weighted by Crippen LogP contribution is -2.41. The van der Waals surface area contributed by atoms with Crippen LogP contribution in [0.25, 0.3) is 6.20 Å². The van der Waals surface area contributed by atoms with Crippen molar-refractivity contribution < 1.29 is 5.11 Å². The van der Waals surface area contributed by atoms with E-state index in [9.17, 15) is 5.11 Å². The van der Waals surface area contributed by atoms with Crippen LogP contribution in [0.2, 0.25) is 0 Å². The van der Waals surface area contributed by atoms with Gasteiger partial charge in [-0.05, 0) is 25.7 Å². The number of aromatic nitrogens is 2. The molecule has 4 nitrogen and oxygen atoms in total. The van der Waals surface area contributed by atoms with Crippen molar-refractivity contribution in [1.82, 2.24) is 9.78 Å². The molecule has 4 heteroatoms. The zero-order valence-corrected chi connectivity index (χ0v) is 8.76. The van der Waals surface area contributed by atoms with E-state index in [0.29, 0.717) is 0 Å². The molecule has 1 saturated carbocycles. The van der Waals surface area contributed by atoms with E-state index in [-0.39, 0.29) is 11.6 Å². The second kappa shape index (κ2) is 3.79. The average Bonchev–Trinajstić information content (AvgIpc) is 2.72. The Labute approximate surface area is 89.4 Å². The van der Waals surface area contributed by atoms with E-state index in [1.165, 1.54) is 0 Å². The molecule has 0 radical (unpaired) electrons. The summed E-state index contributed by atoms with van der Waals surface area (Å²) in [6.45, 7) is 3.64. The van der Waals surface area contributed by atoms with Crippen molar-refractivity contribution in [2.45, 2.75) is 37.3 Å². The zero-order valence-electron chi connectivity index (χ0n) is 8.76. The van der Waals surface area contributed by atoms with E-state index in [1.54, 1.807) is 17.1 Å². The van der Waals surface area contributed by atoms with Gasteiger partial charge in [-0.3, -0.25) is 0 Å². The summed E-state index contributed by atoms with van der Waals surface area (Å²) >= 11 is 0. The lowest BCUT2D eigenvalue weighted by atomic mass is 9.77. The fourth-order valence-corrected chi connectivity index (χ4v) is 2.10. The monoisotopic (exact) mass is 207 g/mol. The molecule has 0 atom stereocenters. The lowest BCUT2D eigenvalue weighted by Gasteiger charge is -2.34. The molecular formula is C11H17N3O.